The number of hydrogen-bond donors (Lipinski definition) is 1. The van der Waals surface area contributed by atoms with Crippen LogP contribution in [0.5, 0.6) is 0 Å². The van der Waals surface area contributed by atoms with Crippen molar-refractivity contribution < 1.29 is 9.50 Å². The van der Waals surface area contributed by atoms with Crippen LogP contribution in [0.3, 0.4) is 0 Å². The summed E-state index contributed by atoms with van der Waals surface area (Å²) in [6, 6.07) is 6.70. The smallest absolute Gasteiger partial charge is 0.123 e. The van der Waals surface area contributed by atoms with E-state index in [1.165, 1.54) is 12.1 Å². The van der Waals surface area contributed by atoms with Crippen LogP contribution in [0, 0.1) is 5.82 Å². The van der Waals surface area contributed by atoms with Gasteiger partial charge in [0.15, 0.2) is 0 Å². The molecule has 4 nitrogen and oxygen atoms in total. The summed E-state index contributed by atoms with van der Waals surface area (Å²) in [6.45, 7) is 4.29. The standard InChI is InChI=1S/C16H20FN3O/c1-2-20-10-12(8-18-20)9-19-11-15(21)7-16(19)13-3-5-14(17)6-4-13/h3-6,8,10,15-16,21H,2,7,9,11H2,1H3/t15-,16+/m1/s1. The Kier molecular flexibility index (Phi) is 4.03. The van der Waals surface area contributed by atoms with E-state index in [-0.39, 0.29) is 18.0 Å². The molecule has 2 atom stereocenters. The van der Waals surface area contributed by atoms with Crippen LogP contribution in [0.15, 0.2) is 36.7 Å². The zero-order chi connectivity index (χ0) is 14.8. The number of aliphatic hydroxyl groups excluding tert-OH is 1. The second-order valence-corrected chi connectivity index (χ2v) is 5.59. The molecule has 1 aliphatic rings. The highest BCUT2D eigenvalue weighted by Gasteiger charge is 2.32. The summed E-state index contributed by atoms with van der Waals surface area (Å²) in [5, 5.41) is 14.3. The topological polar surface area (TPSA) is 41.3 Å². The molecule has 0 amide bonds. The van der Waals surface area contributed by atoms with E-state index in [9.17, 15) is 9.50 Å². The quantitative estimate of drug-likeness (QED) is 0.939. The fourth-order valence-corrected chi connectivity index (χ4v) is 2.98. The molecule has 0 radical (unpaired) electrons. The fraction of sp³-hybridized carbons (Fsp3) is 0.438. The lowest BCUT2D eigenvalue weighted by Crippen LogP contribution is -2.24. The van der Waals surface area contributed by atoms with Gasteiger partial charge in [-0.05, 0) is 31.0 Å². The van der Waals surface area contributed by atoms with Crippen LogP contribution >= 0.6 is 0 Å². The molecule has 5 heteroatoms. The zero-order valence-corrected chi connectivity index (χ0v) is 12.1. The van der Waals surface area contributed by atoms with E-state index >= 15 is 0 Å². The lowest BCUT2D eigenvalue weighted by molar-refractivity contribution is 0.172. The van der Waals surface area contributed by atoms with Crippen molar-refractivity contribution in [1.82, 2.24) is 14.7 Å². The van der Waals surface area contributed by atoms with E-state index in [1.54, 1.807) is 12.1 Å². The fourth-order valence-electron chi connectivity index (χ4n) is 2.98. The van der Waals surface area contributed by atoms with Gasteiger partial charge >= 0.3 is 0 Å². The van der Waals surface area contributed by atoms with Crippen molar-refractivity contribution in [2.75, 3.05) is 6.54 Å². The van der Waals surface area contributed by atoms with Gasteiger partial charge in [-0.2, -0.15) is 5.10 Å². The molecule has 0 aliphatic carbocycles. The highest BCUT2D eigenvalue weighted by Crippen LogP contribution is 2.33. The van der Waals surface area contributed by atoms with Crippen molar-refractivity contribution in [3.05, 3.63) is 53.6 Å². The molecule has 0 spiro atoms. The molecule has 0 bridgehead atoms. The van der Waals surface area contributed by atoms with Crippen molar-refractivity contribution in [3.63, 3.8) is 0 Å². The monoisotopic (exact) mass is 289 g/mol. The number of aromatic nitrogens is 2. The molecular formula is C16H20FN3O. The van der Waals surface area contributed by atoms with Crippen molar-refractivity contribution >= 4 is 0 Å². The molecule has 2 aromatic rings. The van der Waals surface area contributed by atoms with Crippen LogP contribution in [0.2, 0.25) is 0 Å². The van der Waals surface area contributed by atoms with Gasteiger partial charge in [-0.3, -0.25) is 9.58 Å². The van der Waals surface area contributed by atoms with Gasteiger partial charge in [-0.1, -0.05) is 12.1 Å². The molecule has 112 valence electrons. The normalized spacial score (nSPS) is 22.8. The Labute approximate surface area is 123 Å². The SMILES string of the molecule is CCn1cc(CN2C[C@H](O)C[C@H]2c2ccc(F)cc2)cn1. The van der Waals surface area contributed by atoms with Gasteiger partial charge in [-0.15, -0.1) is 0 Å². The first-order chi connectivity index (χ1) is 10.2. The number of likely N-dealkylation sites (tertiary alicyclic amines) is 1. The summed E-state index contributed by atoms with van der Waals surface area (Å²) < 4.78 is 15.0. The Morgan fingerprint density at radius 3 is 2.76 bits per heavy atom. The second kappa shape index (κ2) is 5.95. The number of nitrogens with zero attached hydrogens (tertiary/aromatic N) is 3. The van der Waals surface area contributed by atoms with Gasteiger partial charge < -0.3 is 5.11 Å². The number of aliphatic hydroxyl groups is 1. The van der Waals surface area contributed by atoms with Crippen LogP contribution in [0.4, 0.5) is 4.39 Å². The summed E-state index contributed by atoms with van der Waals surface area (Å²) in [5.41, 5.74) is 2.19. The predicted molar refractivity (Wildman–Crippen MR) is 78.1 cm³/mol. The van der Waals surface area contributed by atoms with Gasteiger partial charge in [0.1, 0.15) is 5.82 Å². The third-order valence-electron chi connectivity index (χ3n) is 4.03. The van der Waals surface area contributed by atoms with Crippen LogP contribution in [0.25, 0.3) is 0 Å². The highest BCUT2D eigenvalue weighted by molar-refractivity contribution is 5.22. The lowest BCUT2D eigenvalue weighted by atomic mass is 10.0. The molecular weight excluding hydrogens is 269 g/mol. The maximum Gasteiger partial charge on any atom is 0.123 e. The molecule has 1 saturated heterocycles. The molecule has 3 rings (SSSR count). The van der Waals surface area contributed by atoms with Crippen LogP contribution in [-0.4, -0.2) is 32.4 Å². The Balaban J connectivity index is 1.77. The summed E-state index contributed by atoms with van der Waals surface area (Å²) in [6.07, 6.45) is 4.26. The lowest BCUT2D eigenvalue weighted by Gasteiger charge is -2.23. The highest BCUT2D eigenvalue weighted by atomic mass is 19.1. The molecule has 1 aromatic heterocycles. The van der Waals surface area contributed by atoms with E-state index in [0.29, 0.717) is 13.0 Å². The first-order valence-corrected chi connectivity index (χ1v) is 7.34. The Hall–Kier alpha value is -1.72. The molecule has 1 aliphatic heterocycles. The summed E-state index contributed by atoms with van der Waals surface area (Å²) >= 11 is 0. The van der Waals surface area contributed by atoms with E-state index in [2.05, 4.69) is 16.9 Å². The molecule has 1 aromatic carbocycles. The summed E-state index contributed by atoms with van der Waals surface area (Å²) in [7, 11) is 0. The Morgan fingerprint density at radius 1 is 1.33 bits per heavy atom. The molecule has 1 N–H and O–H groups in total. The largest absolute Gasteiger partial charge is 0.392 e. The number of benzene rings is 1. The average Bonchev–Trinajstić information content (AvgIpc) is 3.07. The van der Waals surface area contributed by atoms with E-state index in [1.807, 2.05) is 17.1 Å². The molecule has 0 saturated carbocycles. The Bertz CT molecular complexity index is 596. The van der Waals surface area contributed by atoms with Crippen molar-refractivity contribution in [2.24, 2.45) is 0 Å². The van der Waals surface area contributed by atoms with E-state index in [4.69, 9.17) is 0 Å². The van der Waals surface area contributed by atoms with E-state index < -0.39 is 0 Å². The van der Waals surface area contributed by atoms with Gasteiger partial charge in [0.05, 0.1) is 12.3 Å². The number of halogens is 1. The van der Waals surface area contributed by atoms with Crippen molar-refractivity contribution in [3.8, 4) is 0 Å². The third-order valence-corrected chi connectivity index (χ3v) is 4.03. The minimum absolute atomic E-state index is 0.130. The first kappa shape index (κ1) is 14.2. The second-order valence-electron chi connectivity index (χ2n) is 5.59. The van der Waals surface area contributed by atoms with Crippen molar-refractivity contribution in [2.45, 2.75) is 38.6 Å². The average molecular weight is 289 g/mol. The third kappa shape index (κ3) is 3.14. The number of hydrogen-bond acceptors (Lipinski definition) is 3. The van der Waals surface area contributed by atoms with Crippen LogP contribution < -0.4 is 0 Å². The molecule has 21 heavy (non-hydrogen) atoms. The minimum atomic E-state index is -0.332. The molecule has 1 fully saturated rings. The van der Waals surface area contributed by atoms with Crippen LogP contribution in [-0.2, 0) is 13.1 Å². The van der Waals surface area contributed by atoms with Gasteiger partial charge in [0.2, 0.25) is 0 Å². The maximum atomic E-state index is 13.1. The number of aryl methyl sites for hydroxylation is 1. The Morgan fingerprint density at radius 2 is 2.10 bits per heavy atom. The summed E-state index contributed by atoms with van der Waals surface area (Å²) in [4.78, 5) is 2.23. The maximum absolute atomic E-state index is 13.1. The van der Waals surface area contributed by atoms with Gasteiger partial charge in [-0.25, -0.2) is 4.39 Å². The first-order valence-electron chi connectivity index (χ1n) is 7.34. The zero-order valence-electron chi connectivity index (χ0n) is 12.1. The predicted octanol–water partition coefficient (Wildman–Crippen LogP) is 2.35. The number of β-amino-alcohol motifs (C(OH)–C–C–N with tert-alkyl or cyclic N) is 1. The molecule has 0 unspecified atom stereocenters. The van der Waals surface area contributed by atoms with E-state index in [0.717, 1.165) is 24.2 Å². The molecule has 2 heterocycles. The van der Waals surface area contributed by atoms with Crippen LogP contribution in [0.1, 0.15) is 30.5 Å². The van der Waals surface area contributed by atoms with Gasteiger partial charge in [0, 0.05) is 37.4 Å². The van der Waals surface area contributed by atoms with Gasteiger partial charge in [0.25, 0.3) is 0 Å². The summed E-state index contributed by atoms with van der Waals surface area (Å²) in [5.74, 6) is -0.229. The number of rotatable bonds is 4. The van der Waals surface area contributed by atoms with Crippen molar-refractivity contribution in [1.29, 1.82) is 0 Å². The minimum Gasteiger partial charge on any atom is -0.392 e.